The van der Waals surface area contributed by atoms with E-state index in [0.29, 0.717) is 28.5 Å². The number of methoxy groups -OCH3 is 2. The smallest absolute Gasteiger partial charge is 0.497 e. The van der Waals surface area contributed by atoms with Crippen LogP contribution in [0.3, 0.4) is 0 Å². The van der Waals surface area contributed by atoms with Crippen molar-refractivity contribution in [3.63, 3.8) is 0 Å². The normalized spacial score (nSPS) is 10.6. The predicted octanol–water partition coefficient (Wildman–Crippen LogP) is 5.01. The van der Waals surface area contributed by atoms with E-state index in [-0.39, 0.29) is 18.0 Å². The summed E-state index contributed by atoms with van der Waals surface area (Å²) in [5, 5.41) is 9.43. The lowest BCUT2D eigenvalue weighted by molar-refractivity contribution is 0.143. The Balaban J connectivity index is 1.94. The average molecular weight is 472 g/mol. The van der Waals surface area contributed by atoms with Crippen molar-refractivity contribution >= 4 is 6.16 Å². The largest absolute Gasteiger partial charge is 0.511 e. The topological polar surface area (TPSA) is 99.9 Å². The second-order valence-electron chi connectivity index (χ2n) is 7.69. The maximum absolute atomic E-state index is 13.6. The number of aromatic nitrogens is 2. The molecule has 0 bridgehead atoms. The van der Waals surface area contributed by atoms with E-state index in [0.717, 1.165) is 11.1 Å². The molecule has 0 aliphatic rings. The zero-order chi connectivity index (χ0) is 24.9. The fraction of sp³-hybridized carbons (Fsp3) is 0.148. The van der Waals surface area contributed by atoms with E-state index in [1.54, 1.807) is 39.3 Å². The molecule has 0 aliphatic heterocycles. The summed E-state index contributed by atoms with van der Waals surface area (Å²) in [6, 6.07) is 22.0. The van der Waals surface area contributed by atoms with Gasteiger partial charge >= 0.3 is 6.16 Å². The molecule has 35 heavy (non-hydrogen) atoms. The number of para-hydroxylation sites is 1. The zero-order valence-corrected chi connectivity index (χ0v) is 19.5. The maximum atomic E-state index is 13.6. The van der Waals surface area contributed by atoms with Crippen molar-refractivity contribution in [3.8, 4) is 39.6 Å². The minimum atomic E-state index is -1.60. The monoisotopic (exact) mass is 472 g/mol. The van der Waals surface area contributed by atoms with Gasteiger partial charge in [-0.05, 0) is 42.3 Å². The van der Waals surface area contributed by atoms with Gasteiger partial charge in [-0.1, -0.05) is 48.5 Å². The number of carboxylic acid groups (broad SMARTS) is 1. The van der Waals surface area contributed by atoms with Gasteiger partial charge in [0.1, 0.15) is 23.0 Å². The molecular weight excluding hydrogens is 448 g/mol. The van der Waals surface area contributed by atoms with Crippen molar-refractivity contribution in [2.75, 3.05) is 14.2 Å². The van der Waals surface area contributed by atoms with Gasteiger partial charge in [0.25, 0.3) is 5.56 Å². The summed E-state index contributed by atoms with van der Waals surface area (Å²) in [5.74, 6) is 1.23. The standard InChI is InChI=1S/C27H24N2O6/c1-17-28-24(21-14-13-20(33-2)15-22(21)18-9-5-4-6-10-18)25(35-27(31)32)26(30)29(17)16-19-11-7-8-12-23(19)34-3/h4-15H,16H2,1-3H3,(H,31,32). The summed E-state index contributed by atoms with van der Waals surface area (Å²) >= 11 is 0. The lowest BCUT2D eigenvalue weighted by atomic mass is 9.96. The second-order valence-corrected chi connectivity index (χ2v) is 7.69. The Labute approximate surface area is 202 Å². The Bertz CT molecular complexity index is 1430. The third-order valence-electron chi connectivity index (χ3n) is 5.60. The lowest BCUT2D eigenvalue weighted by Gasteiger charge is -2.18. The van der Waals surface area contributed by atoms with Gasteiger partial charge in [-0.15, -0.1) is 0 Å². The first-order valence-corrected chi connectivity index (χ1v) is 10.8. The van der Waals surface area contributed by atoms with Gasteiger partial charge in [0.15, 0.2) is 0 Å². The molecule has 4 rings (SSSR count). The van der Waals surface area contributed by atoms with Crippen molar-refractivity contribution < 1.29 is 24.1 Å². The Morgan fingerprint density at radius 3 is 2.34 bits per heavy atom. The van der Waals surface area contributed by atoms with Gasteiger partial charge in [0.05, 0.1) is 20.8 Å². The fourth-order valence-electron chi connectivity index (χ4n) is 3.91. The minimum Gasteiger partial charge on any atom is -0.497 e. The van der Waals surface area contributed by atoms with Crippen molar-refractivity contribution in [2.24, 2.45) is 0 Å². The number of benzene rings is 3. The number of hydrogen-bond donors (Lipinski definition) is 1. The molecule has 0 spiro atoms. The van der Waals surface area contributed by atoms with Crippen LogP contribution >= 0.6 is 0 Å². The van der Waals surface area contributed by atoms with Gasteiger partial charge in [-0.25, -0.2) is 9.78 Å². The molecule has 4 aromatic rings. The summed E-state index contributed by atoms with van der Waals surface area (Å²) < 4.78 is 17.2. The van der Waals surface area contributed by atoms with Crippen LogP contribution < -0.4 is 19.8 Å². The molecule has 0 radical (unpaired) electrons. The van der Waals surface area contributed by atoms with E-state index in [4.69, 9.17) is 14.2 Å². The van der Waals surface area contributed by atoms with Crippen molar-refractivity contribution in [2.45, 2.75) is 13.5 Å². The highest BCUT2D eigenvalue weighted by atomic mass is 16.7. The Morgan fingerprint density at radius 2 is 1.66 bits per heavy atom. The number of ether oxygens (including phenoxy) is 3. The van der Waals surface area contributed by atoms with E-state index in [9.17, 15) is 14.7 Å². The maximum Gasteiger partial charge on any atom is 0.511 e. The van der Waals surface area contributed by atoms with E-state index >= 15 is 0 Å². The van der Waals surface area contributed by atoms with E-state index in [2.05, 4.69) is 4.98 Å². The molecule has 8 heteroatoms. The number of nitrogens with zero attached hydrogens (tertiary/aromatic N) is 2. The molecule has 0 aliphatic carbocycles. The van der Waals surface area contributed by atoms with Gasteiger partial charge in [0, 0.05) is 11.1 Å². The van der Waals surface area contributed by atoms with Crippen LogP contribution in [0, 0.1) is 6.92 Å². The first-order valence-electron chi connectivity index (χ1n) is 10.8. The molecule has 0 unspecified atom stereocenters. The van der Waals surface area contributed by atoms with Crippen LogP contribution in [0.2, 0.25) is 0 Å². The van der Waals surface area contributed by atoms with Crippen molar-refractivity contribution in [3.05, 3.63) is 94.5 Å². The Hall–Kier alpha value is -4.59. The van der Waals surface area contributed by atoms with Gasteiger partial charge < -0.3 is 19.3 Å². The lowest BCUT2D eigenvalue weighted by Crippen LogP contribution is -2.28. The Kier molecular flexibility index (Phi) is 6.82. The van der Waals surface area contributed by atoms with Crippen LogP contribution in [0.1, 0.15) is 11.4 Å². The number of aryl methyl sites for hydroxylation is 1. The first kappa shape index (κ1) is 23.6. The predicted molar refractivity (Wildman–Crippen MR) is 131 cm³/mol. The summed E-state index contributed by atoms with van der Waals surface area (Å²) in [4.78, 5) is 29.8. The summed E-state index contributed by atoms with van der Waals surface area (Å²) in [7, 11) is 3.10. The average Bonchev–Trinajstić information content (AvgIpc) is 2.88. The van der Waals surface area contributed by atoms with Crippen molar-refractivity contribution in [1.82, 2.24) is 9.55 Å². The van der Waals surface area contributed by atoms with Crippen LogP contribution in [0.4, 0.5) is 4.79 Å². The van der Waals surface area contributed by atoms with Crippen LogP contribution in [0.5, 0.6) is 17.2 Å². The van der Waals surface area contributed by atoms with Crippen molar-refractivity contribution in [1.29, 1.82) is 0 Å². The number of carbonyl (C=O) groups is 1. The van der Waals surface area contributed by atoms with Crippen LogP contribution in [0.15, 0.2) is 77.6 Å². The first-order chi connectivity index (χ1) is 16.9. The molecule has 8 nitrogen and oxygen atoms in total. The molecule has 3 aromatic carbocycles. The van der Waals surface area contributed by atoms with Gasteiger partial charge in [0.2, 0.25) is 5.75 Å². The second kappa shape index (κ2) is 10.1. The fourth-order valence-corrected chi connectivity index (χ4v) is 3.91. The van der Waals surface area contributed by atoms with E-state index < -0.39 is 11.7 Å². The molecule has 0 atom stereocenters. The Morgan fingerprint density at radius 1 is 0.943 bits per heavy atom. The molecule has 0 amide bonds. The zero-order valence-electron chi connectivity index (χ0n) is 19.5. The van der Waals surface area contributed by atoms with E-state index in [1.807, 2.05) is 54.6 Å². The quantitative estimate of drug-likeness (QED) is 0.378. The highest BCUT2D eigenvalue weighted by Crippen LogP contribution is 2.37. The highest BCUT2D eigenvalue weighted by Gasteiger charge is 2.23. The SMILES string of the molecule is COc1ccc(-c2nc(C)n(Cc3ccccc3OC)c(=O)c2OC(=O)O)c(-c2ccccc2)c1. The highest BCUT2D eigenvalue weighted by molar-refractivity contribution is 5.85. The van der Waals surface area contributed by atoms with Gasteiger partial charge in [-0.2, -0.15) is 0 Å². The van der Waals surface area contributed by atoms with Gasteiger partial charge in [-0.3, -0.25) is 9.36 Å². The van der Waals surface area contributed by atoms with E-state index in [1.165, 1.54) is 4.57 Å². The summed E-state index contributed by atoms with van der Waals surface area (Å²) in [6.07, 6.45) is -1.60. The molecule has 0 saturated carbocycles. The third kappa shape index (κ3) is 4.86. The third-order valence-corrected chi connectivity index (χ3v) is 5.60. The molecule has 1 aromatic heterocycles. The molecular formula is C27H24N2O6. The summed E-state index contributed by atoms with van der Waals surface area (Å²) in [6.45, 7) is 1.82. The van der Waals surface area contributed by atoms with Crippen LogP contribution in [-0.4, -0.2) is 35.0 Å². The van der Waals surface area contributed by atoms with Crippen LogP contribution in [0.25, 0.3) is 22.4 Å². The van der Waals surface area contributed by atoms with Crippen LogP contribution in [-0.2, 0) is 6.54 Å². The molecule has 0 fully saturated rings. The number of hydrogen-bond acceptors (Lipinski definition) is 6. The minimum absolute atomic E-state index is 0.131. The molecule has 1 heterocycles. The molecule has 0 saturated heterocycles. The summed E-state index contributed by atoms with van der Waals surface area (Å²) in [5.41, 5.74) is 2.36. The molecule has 1 N–H and O–H groups in total. The molecule has 178 valence electrons. The number of rotatable bonds is 7.